The number of hydrogen-bond acceptors (Lipinski definition) is 7. The van der Waals surface area contributed by atoms with Crippen molar-refractivity contribution in [2.45, 2.75) is 6.54 Å². The number of nitrogens with zero attached hydrogens (tertiary/aromatic N) is 2. The molecule has 2 heterocycles. The summed E-state index contributed by atoms with van der Waals surface area (Å²) in [6.45, 7) is 0.273. The first-order chi connectivity index (χ1) is 13.1. The Morgan fingerprint density at radius 1 is 1.19 bits per heavy atom. The van der Waals surface area contributed by atoms with E-state index in [0.717, 1.165) is 0 Å². The average Bonchev–Trinajstić information content (AvgIpc) is 3.21. The maximum atomic E-state index is 12.1. The second-order valence-corrected chi connectivity index (χ2v) is 5.77. The van der Waals surface area contributed by atoms with Gasteiger partial charge in [-0.1, -0.05) is 11.6 Å². The molecule has 3 aromatic rings. The highest BCUT2D eigenvalue weighted by Crippen LogP contribution is 2.36. The zero-order chi connectivity index (χ0) is 19.2. The highest BCUT2D eigenvalue weighted by molar-refractivity contribution is 6.32. The standard InChI is InChI=1S/C18H17ClN4O4/c1-25-15-7-13(16(26-2)6-12(15)19)23-17-10-20-14(9-21-17)18(24)22-8-11-4-3-5-27-11/h3-7,9-10H,8H2,1-2H3,(H,21,23)(H,22,24). The fourth-order valence-corrected chi connectivity index (χ4v) is 2.51. The van der Waals surface area contributed by atoms with Crippen LogP contribution in [-0.4, -0.2) is 30.1 Å². The molecule has 0 radical (unpaired) electrons. The van der Waals surface area contributed by atoms with Gasteiger partial charge in [-0.05, 0) is 12.1 Å². The van der Waals surface area contributed by atoms with E-state index in [1.165, 1.54) is 26.6 Å². The minimum atomic E-state index is -0.351. The summed E-state index contributed by atoms with van der Waals surface area (Å²) in [7, 11) is 3.05. The Labute approximate surface area is 160 Å². The quantitative estimate of drug-likeness (QED) is 0.639. The van der Waals surface area contributed by atoms with Gasteiger partial charge >= 0.3 is 0 Å². The summed E-state index contributed by atoms with van der Waals surface area (Å²) in [6, 6.07) is 6.84. The summed E-state index contributed by atoms with van der Waals surface area (Å²) in [6.07, 6.45) is 4.36. The monoisotopic (exact) mass is 388 g/mol. The Hall–Kier alpha value is -3.26. The summed E-state index contributed by atoms with van der Waals surface area (Å²) in [5.74, 6) is 1.74. The van der Waals surface area contributed by atoms with Crippen molar-refractivity contribution in [1.29, 1.82) is 0 Å². The van der Waals surface area contributed by atoms with Crippen molar-refractivity contribution in [3.8, 4) is 11.5 Å². The lowest BCUT2D eigenvalue weighted by atomic mass is 10.2. The number of methoxy groups -OCH3 is 2. The van der Waals surface area contributed by atoms with Gasteiger partial charge in [0.1, 0.15) is 28.8 Å². The third-order valence-electron chi connectivity index (χ3n) is 3.62. The number of nitrogens with one attached hydrogen (secondary N) is 2. The van der Waals surface area contributed by atoms with Gasteiger partial charge in [-0.2, -0.15) is 0 Å². The van der Waals surface area contributed by atoms with E-state index in [-0.39, 0.29) is 18.1 Å². The molecule has 0 atom stereocenters. The van der Waals surface area contributed by atoms with E-state index in [4.69, 9.17) is 25.5 Å². The van der Waals surface area contributed by atoms with Gasteiger partial charge in [0.05, 0.1) is 50.1 Å². The molecule has 9 heteroatoms. The summed E-state index contributed by atoms with van der Waals surface area (Å²) < 4.78 is 15.7. The van der Waals surface area contributed by atoms with Gasteiger partial charge in [-0.15, -0.1) is 0 Å². The normalized spacial score (nSPS) is 10.3. The van der Waals surface area contributed by atoms with Crippen LogP contribution in [0.1, 0.15) is 16.2 Å². The number of amides is 1. The van der Waals surface area contributed by atoms with Crippen LogP contribution < -0.4 is 20.1 Å². The Balaban J connectivity index is 1.69. The molecule has 0 aliphatic carbocycles. The smallest absolute Gasteiger partial charge is 0.271 e. The summed E-state index contributed by atoms with van der Waals surface area (Å²) in [4.78, 5) is 20.4. The SMILES string of the molecule is COc1cc(Nc2cnc(C(=O)NCc3ccco3)cn2)c(OC)cc1Cl. The van der Waals surface area contributed by atoms with Gasteiger partial charge in [0.2, 0.25) is 0 Å². The Bertz CT molecular complexity index is 914. The second kappa shape index (κ2) is 8.41. The van der Waals surface area contributed by atoms with E-state index in [1.54, 1.807) is 30.5 Å². The molecule has 140 valence electrons. The number of carbonyl (C=O) groups is 1. The second-order valence-electron chi connectivity index (χ2n) is 5.36. The van der Waals surface area contributed by atoms with E-state index < -0.39 is 0 Å². The molecule has 0 fully saturated rings. The van der Waals surface area contributed by atoms with Crippen LogP contribution in [0, 0.1) is 0 Å². The summed E-state index contributed by atoms with van der Waals surface area (Å²) >= 11 is 6.09. The number of ether oxygens (including phenoxy) is 2. The highest BCUT2D eigenvalue weighted by Gasteiger charge is 2.12. The number of carbonyl (C=O) groups excluding carboxylic acids is 1. The van der Waals surface area contributed by atoms with Gasteiger partial charge in [0, 0.05) is 12.1 Å². The molecule has 1 amide bonds. The number of halogens is 1. The Kier molecular flexibility index (Phi) is 5.77. The minimum Gasteiger partial charge on any atom is -0.495 e. The first-order valence-corrected chi connectivity index (χ1v) is 8.29. The zero-order valence-corrected chi connectivity index (χ0v) is 15.4. The third-order valence-corrected chi connectivity index (χ3v) is 3.92. The molecule has 2 aromatic heterocycles. The topological polar surface area (TPSA) is 98.5 Å². The number of benzene rings is 1. The first-order valence-electron chi connectivity index (χ1n) is 7.92. The molecule has 27 heavy (non-hydrogen) atoms. The molecule has 0 aliphatic heterocycles. The van der Waals surface area contributed by atoms with Crippen LogP contribution in [0.15, 0.2) is 47.3 Å². The molecule has 0 bridgehead atoms. The summed E-state index contributed by atoms with van der Waals surface area (Å²) in [5.41, 5.74) is 0.788. The minimum absolute atomic E-state index is 0.188. The van der Waals surface area contributed by atoms with Crippen molar-refractivity contribution in [3.05, 3.63) is 59.4 Å². The van der Waals surface area contributed by atoms with Crippen LogP contribution in [-0.2, 0) is 6.54 Å². The number of aromatic nitrogens is 2. The van der Waals surface area contributed by atoms with Crippen LogP contribution in [0.3, 0.4) is 0 Å². The lowest BCUT2D eigenvalue weighted by molar-refractivity contribution is 0.0942. The van der Waals surface area contributed by atoms with Gasteiger partial charge in [0.15, 0.2) is 0 Å². The molecule has 3 rings (SSSR count). The van der Waals surface area contributed by atoms with Crippen molar-refractivity contribution < 1.29 is 18.7 Å². The molecule has 0 saturated heterocycles. The van der Waals surface area contributed by atoms with Crippen molar-refractivity contribution in [2.24, 2.45) is 0 Å². The maximum absolute atomic E-state index is 12.1. The fraction of sp³-hybridized carbons (Fsp3) is 0.167. The first kappa shape index (κ1) is 18.5. The number of anilines is 2. The van der Waals surface area contributed by atoms with Crippen LogP contribution in [0.4, 0.5) is 11.5 Å². The Morgan fingerprint density at radius 2 is 2.00 bits per heavy atom. The molecular weight excluding hydrogens is 372 g/mol. The molecular formula is C18H17ClN4O4. The van der Waals surface area contributed by atoms with Crippen molar-refractivity contribution in [1.82, 2.24) is 15.3 Å². The van der Waals surface area contributed by atoms with Gasteiger partial charge in [0.25, 0.3) is 5.91 Å². The highest BCUT2D eigenvalue weighted by atomic mass is 35.5. The van der Waals surface area contributed by atoms with Crippen LogP contribution >= 0.6 is 11.6 Å². The lowest BCUT2D eigenvalue weighted by Gasteiger charge is -2.13. The largest absolute Gasteiger partial charge is 0.495 e. The van der Waals surface area contributed by atoms with E-state index in [0.29, 0.717) is 33.8 Å². The molecule has 0 spiro atoms. The van der Waals surface area contributed by atoms with Crippen molar-refractivity contribution in [2.75, 3.05) is 19.5 Å². The number of furan rings is 1. The van der Waals surface area contributed by atoms with E-state index in [2.05, 4.69) is 20.6 Å². The molecule has 0 unspecified atom stereocenters. The molecule has 8 nitrogen and oxygen atoms in total. The third kappa shape index (κ3) is 4.48. The summed E-state index contributed by atoms with van der Waals surface area (Å²) in [5, 5.41) is 6.19. The van der Waals surface area contributed by atoms with Gasteiger partial charge in [-0.3, -0.25) is 4.79 Å². The predicted octanol–water partition coefficient (Wildman–Crippen LogP) is 3.41. The van der Waals surface area contributed by atoms with E-state index in [1.807, 2.05) is 0 Å². The van der Waals surface area contributed by atoms with Crippen LogP contribution in [0.2, 0.25) is 5.02 Å². The lowest BCUT2D eigenvalue weighted by Crippen LogP contribution is -2.23. The Morgan fingerprint density at radius 3 is 2.63 bits per heavy atom. The average molecular weight is 389 g/mol. The van der Waals surface area contributed by atoms with Crippen LogP contribution in [0.5, 0.6) is 11.5 Å². The number of rotatable bonds is 7. The molecule has 0 aliphatic rings. The molecule has 1 aromatic carbocycles. The zero-order valence-electron chi connectivity index (χ0n) is 14.7. The van der Waals surface area contributed by atoms with E-state index in [9.17, 15) is 4.79 Å². The van der Waals surface area contributed by atoms with Crippen LogP contribution in [0.25, 0.3) is 0 Å². The van der Waals surface area contributed by atoms with Gasteiger partial charge < -0.3 is 24.5 Å². The fourth-order valence-electron chi connectivity index (χ4n) is 2.28. The van der Waals surface area contributed by atoms with Crippen molar-refractivity contribution >= 4 is 29.0 Å². The van der Waals surface area contributed by atoms with E-state index >= 15 is 0 Å². The van der Waals surface area contributed by atoms with Crippen molar-refractivity contribution in [3.63, 3.8) is 0 Å². The predicted molar refractivity (Wildman–Crippen MR) is 99.7 cm³/mol. The maximum Gasteiger partial charge on any atom is 0.271 e. The number of hydrogen-bond donors (Lipinski definition) is 2. The molecule has 2 N–H and O–H groups in total. The van der Waals surface area contributed by atoms with Gasteiger partial charge in [-0.25, -0.2) is 9.97 Å². The molecule has 0 saturated carbocycles.